The van der Waals surface area contributed by atoms with Gasteiger partial charge in [-0.2, -0.15) is 0 Å². The molecule has 0 radical (unpaired) electrons. The fraction of sp³-hybridized carbons (Fsp3) is 0.0526. The minimum absolute atomic E-state index is 0.283. The molecule has 0 aliphatic rings. The van der Waals surface area contributed by atoms with Gasteiger partial charge in [0.25, 0.3) is 0 Å². The highest BCUT2D eigenvalue weighted by Crippen LogP contribution is 2.24. The van der Waals surface area contributed by atoms with E-state index in [9.17, 15) is 9.59 Å². The number of carbonyl (C=O) groups is 2. The second-order valence-electron chi connectivity index (χ2n) is 5.22. The van der Waals surface area contributed by atoms with Crippen molar-refractivity contribution >= 4 is 34.4 Å². The first-order valence-electron chi connectivity index (χ1n) is 7.69. The average Bonchev–Trinajstić information content (AvgIpc) is 3.15. The summed E-state index contributed by atoms with van der Waals surface area (Å²) in [7, 11) is 1.33. The van der Waals surface area contributed by atoms with Crippen LogP contribution >= 0.6 is 11.3 Å². The number of pyridine rings is 1. The van der Waals surface area contributed by atoms with E-state index in [-0.39, 0.29) is 5.91 Å². The maximum absolute atomic E-state index is 12.0. The quantitative estimate of drug-likeness (QED) is 0.551. The zero-order valence-electron chi connectivity index (χ0n) is 13.9. The van der Waals surface area contributed by atoms with Gasteiger partial charge in [0.2, 0.25) is 5.91 Å². The molecule has 1 amide bonds. The van der Waals surface area contributed by atoms with Crippen LogP contribution in [-0.4, -0.2) is 29.0 Å². The van der Waals surface area contributed by atoms with Gasteiger partial charge in [-0.05, 0) is 35.9 Å². The lowest BCUT2D eigenvalue weighted by atomic mass is 10.1. The predicted octanol–water partition coefficient (Wildman–Crippen LogP) is 3.64. The first-order valence-corrected chi connectivity index (χ1v) is 8.57. The van der Waals surface area contributed by atoms with Crippen LogP contribution < -0.4 is 5.32 Å². The van der Waals surface area contributed by atoms with Crippen molar-refractivity contribution in [2.45, 2.75) is 0 Å². The molecule has 0 spiro atoms. The number of hydrogen-bond acceptors (Lipinski definition) is 6. The van der Waals surface area contributed by atoms with Gasteiger partial charge in [-0.3, -0.25) is 15.1 Å². The summed E-state index contributed by atoms with van der Waals surface area (Å²) in [5, 5.41) is 5.10. The SMILES string of the molecule is COC(=O)c1ccc(C=CC(=O)Nc2nc(-c3cccnc3)cs2)cc1. The summed E-state index contributed by atoms with van der Waals surface area (Å²) in [5.41, 5.74) is 2.91. The number of nitrogens with zero attached hydrogens (tertiary/aromatic N) is 2. The topological polar surface area (TPSA) is 81.2 Å². The van der Waals surface area contributed by atoms with E-state index in [1.54, 1.807) is 42.7 Å². The highest BCUT2D eigenvalue weighted by atomic mass is 32.1. The first-order chi connectivity index (χ1) is 12.7. The minimum Gasteiger partial charge on any atom is -0.465 e. The highest BCUT2D eigenvalue weighted by molar-refractivity contribution is 7.14. The number of benzene rings is 1. The van der Waals surface area contributed by atoms with Crippen molar-refractivity contribution in [3.8, 4) is 11.3 Å². The number of hydrogen-bond donors (Lipinski definition) is 1. The zero-order chi connectivity index (χ0) is 18.4. The van der Waals surface area contributed by atoms with Crippen molar-refractivity contribution < 1.29 is 14.3 Å². The number of nitrogens with one attached hydrogen (secondary N) is 1. The van der Waals surface area contributed by atoms with Crippen LogP contribution in [0.15, 0.2) is 60.2 Å². The molecule has 130 valence electrons. The number of thiazole rings is 1. The molecule has 0 atom stereocenters. The summed E-state index contributed by atoms with van der Waals surface area (Å²) < 4.78 is 4.64. The fourth-order valence-corrected chi connectivity index (χ4v) is 2.87. The number of rotatable bonds is 5. The molecule has 0 aliphatic carbocycles. The van der Waals surface area contributed by atoms with Gasteiger partial charge < -0.3 is 4.74 Å². The summed E-state index contributed by atoms with van der Waals surface area (Å²) >= 11 is 1.35. The van der Waals surface area contributed by atoms with Crippen LogP contribution in [0, 0.1) is 0 Å². The average molecular weight is 365 g/mol. The number of ether oxygens (including phenoxy) is 1. The zero-order valence-corrected chi connectivity index (χ0v) is 14.7. The molecule has 0 bridgehead atoms. The summed E-state index contributed by atoms with van der Waals surface area (Å²) in [6, 6.07) is 10.5. The molecule has 1 aromatic carbocycles. The Morgan fingerprint density at radius 1 is 1.19 bits per heavy atom. The van der Waals surface area contributed by atoms with Crippen molar-refractivity contribution in [2.24, 2.45) is 0 Å². The van der Waals surface area contributed by atoms with Crippen LogP contribution in [0.25, 0.3) is 17.3 Å². The number of methoxy groups -OCH3 is 1. The van der Waals surface area contributed by atoms with Gasteiger partial charge in [-0.25, -0.2) is 9.78 Å². The molecule has 0 aliphatic heterocycles. The molecule has 6 nitrogen and oxygen atoms in total. The fourth-order valence-electron chi connectivity index (χ4n) is 2.15. The lowest BCUT2D eigenvalue weighted by Gasteiger charge is -1.99. The minimum atomic E-state index is -0.397. The van der Waals surface area contributed by atoms with Crippen molar-refractivity contribution in [1.82, 2.24) is 9.97 Å². The molecular formula is C19H15N3O3S. The third-order valence-corrected chi connectivity index (χ3v) is 4.21. The van der Waals surface area contributed by atoms with Crippen LogP contribution in [-0.2, 0) is 9.53 Å². The van der Waals surface area contributed by atoms with E-state index in [2.05, 4.69) is 20.0 Å². The smallest absolute Gasteiger partial charge is 0.337 e. The van der Waals surface area contributed by atoms with Crippen LogP contribution in [0.3, 0.4) is 0 Å². The van der Waals surface area contributed by atoms with E-state index in [0.29, 0.717) is 10.7 Å². The molecule has 2 heterocycles. The first kappa shape index (κ1) is 17.5. The monoisotopic (exact) mass is 365 g/mol. The number of esters is 1. The van der Waals surface area contributed by atoms with Crippen LogP contribution in [0.2, 0.25) is 0 Å². The van der Waals surface area contributed by atoms with Gasteiger partial charge in [-0.1, -0.05) is 12.1 Å². The van der Waals surface area contributed by atoms with E-state index in [1.807, 2.05) is 17.5 Å². The summed E-state index contributed by atoms with van der Waals surface area (Å²) in [6.45, 7) is 0. The molecule has 0 unspecified atom stereocenters. The Balaban J connectivity index is 1.61. The van der Waals surface area contributed by atoms with Crippen LogP contribution in [0.1, 0.15) is 15.9 Å². The largest absolute Gasteiger partial charge is 0.465 e. The van der Waals surface area contributed by atoms with E-state index < -0.39 is 5.97 Å². The molecule has 3 aromatic rings. The van der Waals surface area contributed by atoms with Gasteiger partial charge in [0, 0.05) is 29.4 Å². The van der Waals surface area contributed by atoms with E-state index >= 15 is 0 Å². The Bertz CT molecular complexity index is 934. The van der Waals surface area contributed by atoms with Crippen molar-refractivity contribution in [3.05, 3.63) is 71.4 Å². The van der Waals surface area contributed by atoms with Gasteiger partial charge in [-0.15, -0.1) is 11.3 Å². The molecule has 3 rings (SSSR count). The second-order valence-corrected chi connectivity index (χ2v) is 6.07. The van der Waals surface area contributed by atoms with Crippen LogP contribution in [0.5, 0.6) is 0 Å². The van der Waals surface area contributed by atoms with Crippen LogP contribution in [0.4, 0.5) is 5.13 Å². The molecule has 0 fully saturated rings. The summed E-state index contributed by atoms with van der Waals surface area (Å²) in [5.74, 6) is -0.680. The Labute approximate surface area is 154 Å². The standard InChI is InChI=1S/C19H15N3O3S/c1-25-18(24)14-7-4-13(5-8-14)6-9-17(23)22-19-21-16(12-26-19)15-3-2-10-20-11-15/h2-12H,1H3,(H,21,22,23). The predicted molar refractivity (Wildman–Crippen MR) is 101 cm³/mol. The van der Waals surface area contributed by atoms with Crippen molar-refractivity contribution in [3.63, 3.8) is 0 Å². The molecule has 0 saturated carbocycles. The normalized spacial score (nSPS) is 10.7. The van der Waals surface area contributed by atoms with Gasteiger partial charge >= 0.3 is 5.97 Å². The maximum atomic E-state index is 12.0. The maximum Gasteiger partial charge on any atom is 0.337 e. The molecule has 2 aromatic heterocycles. The van der Waals surface area contributed by atoms with E-state index in [1.165, 1.54) is 24.5 Å². The van der Waals surface area contributed by atoms with E-state index in [4.69, 9.17) is 0 Å². The lowest BCUT2D eigenvalue weighted by molar-refractivity contribution is -0.111. The van der Waals surface area contributed by atoms with Gasteiger partial charge in [0.15, 0.2) is 5.13 Å². The number of anilines is 1. The van der Waals surface area contributed by atoms with Gasteiger partial charge in [0.05, 0.1) is 18.4 Å². The number of carbonyl (C=O) groups excluding carboxylic acids is 2. The Morgan fingerprint density at radius 2 is 2.00 bits per heavy atom. The van der Waals surface area contributed by atoms with E-state index in [0.717, 1.165) is 16.8 Å². The Morgan fingerprint density at radius 3 is 2.69 bits per heavy atom. The second kappa shape index (κ2) is 8.17. The summed E-state index contributed by atoms with van der Waals surface area (Å²) in [6.07, 6.45) is 6.49. The third kappa shape index (κ3) is 4.40. The van der Waals surface area contributed by atoms with Gasteiger partial charge in [0.1, 0.15) is 0 Å². The number of amides is 1. The highest BCUT2D eigenvalue weighted by Gasteiger charge is 2.07. The molecular weight excluding hydrogens is 350 g/mol. The third-order valence-electron chi connectivity index (χ3n) is 3.45. The lowest BCUT2D eigenvalue weighted by Crippen LogP contribution is -2.07. The molecule has 26 heavy (non-hydrogen) atoms. The summed E-state index contributed by atoms with van der Waals surface area (Å²) in [4.78, 5) is 31.9. The molecule has 0 saturated heterocycles. The number of aromatic nitrogens is 2. The Kier molecular flexibility index (Phi) is 5.50. The molecule has 1 N–H and O–H groups in total. The van der Waals surface area contributed by atoms with Crippen molar-refractivity contribution in [1.29, 1.82) is 0 Å². The van der Waals surface area contributed by atoms with Crippen molar-refractivity contribution in [2.75, 3.05) is 12.4 Å². The molecule has 7 heteroatoms. The Hall–Kier alpha value is -3.32.